The van der Waals surface area contributed by atoms with Crippen LogP contribution in [0.4, 0.5) is 0 Å². The van der Waals surface area contributed by atoms with Gasteiger partial charge < -0.3 is 0 Å². The van der Waals surface area contributed by atoms with E-state index in [9.17, 15) is 4.79 Å². The van der Waals surface area contributed by atoms with Gasteiger partial charge in [0.15, 0.2) is 0 Å². The molecular formula is C3HCl2O. The molecule has 1 nitrogen and oxygen atoms in total. The van der Waals surface area contributed by atoms with Gasteiger partial charge in [-0.15, -0.1) is 0 Å². The highest BCUT2D eigenvalue weighted by atomic mass is 35.5. The first-order valence-electron chi connectivity index (χ1n) is 1.15. The molecule has 33 valence electrons. The van der Waals surface area contributed by atoms with Crippen LogP contribution in [0.5, 0.6) is 0 Å². The number of halogens is 2. The summed E-state index contributed by atoms with van der Waals surface area (Å²) in [6.45, 7) is 0. The molecule has 0 saturated carbocycles. The van der Waals surface area contributed by atoms with Crippen LogP contribution >= 0.6 is 23.2 Å². The first-order chi connectivity index (χ1) is 2.81. The van der Waals surface area contributed by atoms with Crippen LogP contribution in [0.3, 0.4) is 0 Å². The highest BCUT2D eigenvalue weighted by Gasteiger charge is 1.80. The second-order valence-electron chi connectivity index (χ2n) is 0.559. The monoisotopic (exact) mass is 123 g/mol. The molecule has 0 aliphatic carbocycles. The van der Waals surface area contributed by atoms with Crippen molar-refractivity contribution in [2.45, 2.75) is 0 Å². The third kappa shape index (κ3) is 2.24. The summed E-state index contributed by atoms with van der Waals surface area (Å²) in [6, 6.07) is 0. The molecular weight excluding hydrogens is 123 g/mol. The van der Waals surface area contributed by atoms with Crippen LogP contribution in [0, 0.1) is 0 Å². The maximum atomic E-state index is 9.33. The van der Waals surface area contributed by atoms with Crippen molar-refractivity contribution in [3.63, 3.8) is 0 Å². The number of allylic oxidation sites excluding steroid dienone is 1. The summed E-state index contributed by atoms with van der Waals surface area (Å²) in [6.07, 6.45) is 1.36. The zero-order valence-electron chi connectivity index (χ0n) is 2.74. The van der Waals surface area contributed by atoms with Crippen molar-refractivity contribution >= 4 is 29.5 Å². The Hall–Kier alpha value is -0.0100. The van der Waals surface area contributed by atoms with Gasteiger partial charge in [-0.05, 0) is 0 Å². The van der Waals surface area contributed by atoms with Crippen molar-refractivity contribution in [1.82, 2.24) is 0 Å². The average Bonchev–Trinajstić information content (AvgIpc) is 1.65. The van der Waals surface area contributed by atoms with Crippen molar-refractivity contribution in [1.29, 1.82) is 0 Å². The standard InChI is InChI=1S/C3HCl2O/c4-1-3(5)2-6/h1H. The molecule has 0 aromatic rings. The van der Waals surface area contributed by atoms with Crippen LogP contribution in [0.15, 0.2) is 10.6 Å². The van der Waals surface area contributed by atoms with E-state index in [-0.39, 0.29) is 5.03 Å². The Bertz CT molecular complexity index is 76.9. The lowest BCUT2D eigenvalue weighted by atomic mass is 10.7. The van der Waals surface area contributed by atoms with Crippen molar-refractivity contribution in [3.8, 4) is 0 Å². The summed E-state index contributed by atoms with van der Waals surface area (Å²) in [4.78, 5) is 9.33. The Labute approximate surface area is 45.5 Å². The molecule has 0 saturated heterocycles. The van der Waals surface area contributed by atoms with Gasteiger partial charge in [0.2, 0.25) is 6.29 Å². The highest BCUT2D eigenvalue weighted by Crippen LogP contribution is 1.95. The second-order valence-corrected chi connectivity index (χ2v) is 1.18. The number of carbonyl (C=O) groups excluding carboxylic acids is 1. The van der Waals surface area contributed by atoms with E-state index in [4.69, 9.17) is 23.2 Å². The van der Waals surface area contributed by atoms with Gasteiger partial charge in [-0.25, -0.2) is 0 Å². The highest BCUT2D eigenvalue weighted by molar-refractivity contribution is 6.43. The van der Waals surface area contributed by atoms with Gasteiger partial charge in [-0.3, -0.25) is 4.79 Å². The minimum absolute atomic E-state index is 0.100. The Morgan fingerprint density at radius 2 is 2.33 bits per heavy atom. The van der Waals surface area contributed by atoms with Gasteiger partial charge in [0.1, 0.15) is 5.03 Å². The number of hydrogen-bond donors (Lipinski definition) is 0. The second kappa shape index (κ2) is 3.19. The molecule has 0 atom stereocenters. The third-order valence-corrected chi connectivity index (χ3v) is 0.709. The first kappa shape index (κ1) is 5.99. The van der Waals surface area contributed by atoms with Gasteiger partial charge in [-0.2, -0.15) is 0 Å². The summed E-state index contributed by atoms with van der Waals surface area (Å²) in [5, 5.41) is -0.100. The SMILES string of the molecule is O=[C]C(Cl)=CCl. The molecule has 6 heavy (non-hydrogen) atoms. The summed E-state index contributed by atoms with van der Waals surface area (Å²) >= 11 is 9.85. The van der Waals surface area contributed by atoms with Crippen LogP contribution < -0.4 is 0 Å². The van der Waals surface area contributed by atoms with E-state index in [1.165, 1.54) is 6.29 Å². The minimum atomic E-state index is -0.100. The predicted molar refractivity (Wildman–Crippen MR) is 25.5 cm³/mol. The smallest absolute Gasteiger partial charge is 0.246 e. The zero-order valence-corrected chi connectivity index (χ0v) is 4.25. The van der Waals surface area contributed by atoms with Crippen LogP contribution in [0.2, 0.25) is 0 Å². The molecule has 0 unspecified atom stereocenters. The fraction of sp³-hybridized carbons (Fsp3) is 0. The molecule has 0 spiro atoms. The predicted octanol–water partition coefficient (Wildman–Crippen LogP) is 1.42. The first-order valence-corrected chi connectivity index (χ1v) is 1.96. The fourth-order valence-corrected chi connectivity index (χ4v) is 0.0668. The van der Waals surface area contributed by atoms with Gasteiger partial charge in [0.25, 0.3) is 0 Å². The van der Waals surface area contributed by atoms with Crippen molar-refractivity contribution in [2.75, 3.05) is 0 Å². The normalized spacial score (nSPS) is 11.3. The number of hydrogen-bond acceptors (Lipinski definition) is 1. The Balaban J connectivity index is 3.50. The molecule has 0 aliphatic rings. The molecule has 0 N–H and O–H groups in total. The van der Waals surface area contributed by atoms with E-state index in [0.29, 0.717) is 0 Å². The van der Waals surface area contributed by atoms with E-state index in [0.717, 1.165) is 5.54 Å². The molecule has 0 aromatic carbocycles. The van der Waals surface area contributed by atoms with Crippen LogP contribution in [-0.2, 0) is 4.79 Å². The van der Waals surface area contributed by atoms with Crippen LogP contribution in [0.25, 0.3) is 0 Å². The lowest BCUT2D eigenvalue weighted by Crippen LogP contribution is -1.63. The van der Waals surface area contributed by atoms with Crippen molar-refractivity contribution in [3.05, 3.63) is 10.6 Å². The van der Waals surface area contributed by atoms with Gasteiger partial charge in [-0.1, -0.05) is 23.2 Å². The lowest BCUT2D eigenvalue weighted by molar-refractivity contribution is 0.563. The molecule has 0 amide bonds. The lowest BCUT2D eigenvalue weighted by Gasteiger charge is -1.66. The van der Waals surface area contributed by atoms with Crippen LogP contribution in [0.1, 0.15) is 0 Å². The van der Waals surface area contributed by atoms with E-state index in [2.05, 4.69) is 0 Å². The fourth-order valence-electron chi connectivity index (χ4n) is 0.0223. The minimum Gasteiger partial charge on any atom is -0.284 e. The molecule has 1 radical (unpaired) electrons. The molecule has 0 aromatic heterocycles. The maximum absolute atomic E-state index is 9.33. The topological polar surface area (TPSA) is 17.1 Å². The summed E-state index contributed by atoms with van der Waals surface area (Å²) < 4.78 is 0. The Kier molecular flexibility index (Phi) is 3.19. The number of rotatable bonds is 1. The Morgan fingerprint density at radius 3 is 2.33 bits per heavy atom. The quantitative estimate of drug-likeness (QED) is 0.483. The van der Waals surface area contributed by atoms with Gasteiger partial charge in [0, 0.05) is 5.54 Å². The van der Waals surface area contributed by atoms with E-state index >= 15 is 0 Å². The zero-order chi connectivity index (χ0) is 4.99. The third-order valence-electron chi connectivity index (χ3n) is 0.193. The van der Waals surface area contributed by atoms with Crippen molar-refractivity contribution < 1.29 is 4.79 Å². The molecule has 0 aliphatic heterocycles. The summed E-state index contributed by atoms with van der Waals surface area (Å²) in [5.41, 5.74) is 0.953. The van der Waals surface area contributed by atoms with E-state index in [1.807, 2.05) is 0 Å². The van der Waals surface area contributed by atoms with Crippen LogP contribution in [-0.4, -0.2) is 6.29 Å². The molecule has 0 bridgehead atoms. The molecule has 0 fully saturated rings. The Morgan fingerprint density at radius 1 is 1.83 bits per heavy atom. The van der Waals surface area contributed by atoms with E-state index in [1.54, 1.807) is 0 Å². The summed E-state index contributed by atoms with van der Waals surface area (Å²) in [7, 11) is 0. The summed E-state index contributed by atoms with van der Waals surface area (Å²) in [5.74, 6) is 0. The largest absolute Gasteiger partial charge is 0.284 e. The van der Waals surface area contributed by atoms with Crippen molar-refractivity contribution in [2.24, 2.45) is 0 Å². The maximum Gasteiger partial charge on any atom is 0.246 e. The van der Waals surface area contributed by atoms with Gasteiger partial charge >= 0.3 is 0 Å². The van der Waals surface area contributed by atoms with Gasteiger partial charge in [0.05, 0.1) is 0 Å². The van der Waals surface area contributed by atoms with E-state index < -0.39 is 0 Å². The molecule has 3 heteroatoms. The molecule has 0 heterocycles. The average molecular weight is 124 g/mol. The molecule has 0 rings (SSSR count).